The van der Waals surface area contributed by atoms with E-state index in [2.05, 4.69) is 15.9 Å². The molecule has 0 fully saturated rings. The molecule has 0 aliphatic rings. The first-order chi connectivity index (χ1) is 7.65. The SMILES string of the molecule is O=S(=O)(CCl)Nc1ccc(Br)c(C(F)(F)F)c1. The van der Waals surface area contributed by atoms with Gasteiger partial charge in [0.15, 0.2) is 0 Å². The highest BCUT2D eigenvalue weighted by Gasteiger charge is 2.33. The molecule has 0 saturated carbocycles. The van der Waals surface area contributed by atoms with Gasteiger partial charge in [-0.3, -0.25) is 4.72 Å². The molecular weight excluding hydrogens is 347 g/mol. The zero-order valence-electron chi connectivity index (χ0n) is 8.05. The highest BCUT2D eigenvalue weighted by molar-refractivity contribution is 9.10. The van der Waals surface area contributed by atoms with E-state index in [0.29, 0.717) is 6.07 Å². The average Bonchev–Trinajstić information content (AvgIpc) is 2.19. The van der Waals surface area contributed by atoms with Crippen molar-refractivity contribution >= 4 is 43.2 Å². The van der Waals surface area contributed by atoms with E-state index in [-0.39, 0.29) is 10.2 Å². The number of benzene rings is 1. The van der Waals surface area contributed by atoms with Crippen molar-refractivity contribution in [1.82, 2.24) is 0 Å². The summed E-state index contributed by atoms with van der Waals surface area (Å²) < 4.78 is 61.4. The van der Waals surface area contributed by atoms with Gasteiger partial charge in [0, 0.05) is 10.2 Å². The molecule has 17 heavy (non-hydrogen) atoms. The molecular formula is C8H6BrClF3NO2S. The molecule has 1 N–H and O–H groups in total. The summed E-state index contributed by atoms with van der Waals surface area (Å²) in [5.74, 6) is 0. The number of hydrogen-bond donors (Lipinski definition) is 1. The van der Waals surface area contributed by atoms with Crippen LogP contribution in [-0.4, -0.2) is 13.6 Å². The molecule has 1 aromatic rings. The smallest absolute Gasteiger partial charge is 0.283 e. The van der Waals surface area contributed by atoms with Gasteiger partial charge in [0.2, 0.25) is 10.0 Å². The van der Waals surface area contributed by atoms with E-state index in [4.69, 9.17) is 11.6 Å². The Balaban J connectivity index is 3.14. The van der Waals surface area contributed by atoms with Crippen molar-refractivity contribution < 1.29 is 21.6 Å². The van der Waals surface area contributed by atoms with E-state index in [1.807, 2.05) is 4.72 Å². The van der Waals surface area contributed by atoms with Crippen LogP contribution in [0.15, 0.2) is 22.7 Å². The first-order valence-corrected chi connectivity index (χ1v) is 7.07. The maximum Gasteiger partial charge on any atom is 0.417 e. The van der Waals surface area contributed by atoms with Crippen LogP contribution in [0.25, 0.3) is 0 Å². The molecule has 0 aliphatic heterocycles. The standard InChI is InChI=1S/C8H6BrClF3NO2S/c9-7-2-1-5(14-17(15,16)4-10)3-6(7)8(11,12)13/h1-3,14H,4H2. The zero-order valence-corrected chi connectivity index (χ0v) is 11.2. The molecule has 0 aromatic heterocycles. The summed E-state index contributed by atoms with van der Waals surface area (Å²) in [6, 6.07) is 2.99. The lowest BCUT2D eigenvalue weighted by molar-refractivity contribution is -0.138. The maximum atomic E-state index is 12.5. The third kappa shape index (κ3) is 4.04. The molecule has 0 unspecified atom stereocenters. The van der Waals surface area contributed by atoms with Crippen molar-refractivity contribution in [3.63, 3.8) is 0 Å². The Bertz CT molecular complexity index is 518. The van der Waals surface area contributed by atoms with E-state index in [1.165, 1.54) is 6.07 Å². The van der Waals surface area contributed by atoms with Crippen LogP contribution in [0, 0.1) is 0 Å². The van der Waals surface area contributed by atoms with Gasteiger partial charge in [-0.1, -0.05) is 15.9 Å². The second-order valence-corrected chi connectivity index (χ2v) is 6.18. The molecule has 3 nitrogen and oxygen atoms in total. The van der Waals surface area contributed by atoms with Crippen molar-refractivity contribution in [2.24, 2.45) is 0 Å². The number of nitrogens with one attached hydrogen (secondary N) is 1. The monoisotopic (exact) mass is 351 g/mol. The highest BCUT2D eigenvalue weighted by Crippen LogP contribution is 2.36. The van der Waals surface area contributed by atoms with Crippen molar-refractivity contribution in [2.45, 2.75) is 6.18 Å². The zero-order chi connectivity index (χ0) is 13.3. The molecule has 0 saturated heterocycles. The van der Waals surface area contributed by atoms with Crippen LogP contribution in [0.4, 0.5) is 18.9 Å². The van der Waals surface area contributed by atoms with Crippen molar-refractivity contribution in [2.75, 3.05) is 9.93 Å². The largest absolute Gasteiger partial charge is 0.417 e. The van der Waals surface area contributed by atoms with Gasteiger partial charge in [-0.25, -0.2) is 8.42 Å². The second-order valence-electron chi connectivity index (χ2n) is 3.02. The number of alkyl halides is 4. The van der Waals surface area contributed by atoms with Crippen molar-refractivity contribution in [3.8, 4) is 0 Å². The van der Waals surface area contributed by atoms with Crippen LogP contribution in [0.3, 0.4) is 0 Å². The van der Waals surface area contributed by atoms with E-state index < -0.39 is 27.0 Å². The number of anilines is 1. The minimum absolute atomic E-state index is 0.168. The predicted octanol–water partition coefficient (Wildman–Crippen LogP) is 3.41. The Morgan fingerprint density at radius 3 is 2.41 bits per heavy atom. The molecule has 0 radical (unpaired) electrons. The molecule has 9 heteroatoms. The number of hydrogen-bond acceptors (Lipinski definition) is 2. The average molecular weight is 353 g/mol. The fourth-order valence-electron chi connectivity index (χ4n) is 1.01. The molecule has 0 amide bonds. The summed E-state index contributed by atoms with van der Waals surface area (Å²) in [5, 5.41) is -0.732. The topological polar surface area (TPSA) is 46.2 Å². The fourth-order valence-corrected chi connectivity index (χ4v) is 2.19. The quantitative estimate of drug-likeness (QED) is 0.848. The molecule has 0 atom stereocenters. The highest BCUT2D eigenvalue weighted by atomic mass is 79.9. The molecule has 1 rings (SSSR count). The normalized spacial score (nSPS) is 12.5. The third-order valence-electron chi connectivity index (χ3n) is 1.69. The predicted molar refractivity (Wildman–Crippen MR) is 62.4 cm³/mol. The minimum Gasteiger partial charge on any atom is -0.283 e. The minimum atomic E-state index is -4.57. The molecule has 0 spiro atoms. The van der Waals surface area contributed by atoms with Gasteiger partial charge in [0.05, 0.1) is 5.56 Å². The van der Waals surface area contributed by atoms with Gasteiger partial charge >= 0.3 is 6.18 Å². The Morgan fingerprint density at radius 1 is 1.35 bits per heavy atom. The number of sulfonamides is 1. The van der Waals surface area contributed by atoms with Gasteiger partial charge < -0.3 is 0 Å². The molecule has 1 aromatic carbocycles. The summed E-state index contributed by atoms with van der Waals surface area (Å²) in [7, 11) is -3.81. The van der Waals surface area contributed by atoms with Crippen molar-refractivity contribution in [1.29, 1.82) is 0 Å². The summed E-state index contributed by atoms with van der Waals surface area (Å²) >= 11 is 7.86. The number of halogens is 5. The summed E-state index contributed by atoms with van der Waals surface area (Å²) in [4.78, 5) is 0. The Labute approximate surface area is 109 Å². The molecule has 96 valence electrons. The molecule has 0 heterocycles. The van der Waals surface area contributed by atoms with Gasteiger partial charge in [0.1, 0.15) is 5.21 Å². The Hall–Kier alpha value is -0.470. The van der Waals surface area contributed by atoms with E-state index in [9.17, 15) is 21.6 Å². The number of rotatable bonds is 3. The van der Waals surface area contributed by atoms with Crippen LogP contribution in [-0.2, 0) is 16.2 Å². The van der Waals surface area contributed by atoms with Crippen LogP contribution in [0.5, 0.6) is 0 Å². The van der Waals surface area contributed by atoms with Gasteiger partial charge in [-0.2, -0.15) is 13.2 Å². The Morgan fingerprint density at radius 2 is 1.94 bits per heavy atom. The first kappa shape index (κ1) is 14.6. The van der Waals surface area contributed by atoms with E-state index in [1.54, 1.807) is 0 Å². The molecule has 0 aliphatic carbocycles. The van der Waals surface area contributed by atoms with Crippen molar-refractivity contribution in [3.05, 3.63) is 28.2 Å². The lowest BCUT2D eigenvalue weighted by Gasteiger charge is -2.12. The lowest BCUT2D eigenvalue weighted by atomic mass is 10.2. The van der Waals surface area contributed by atoms with Crippen LogP contribution in [0.2, 0.25) is 0 Å². The fraction of sp³-hybridized carbons (Fsp3) is 0.250. The van der Waals surface area contributed by atoms with Crippen LogP contribution in [0.1, 0.15) is 5.56 Å². The summed E-state index contributed by atoms with van der Waals surface area (Å²) in [5.41, 5.74) is -1.16. The Kier molecular flexibility index (Phi) is 4.32. The van der Waals surface area contributed by atoms with Crippen LogP contribution < -0.4 is 4.72 Å². The molecule has 0 bridgehead atoms. The second kappa shape index (κ2) is 5.03. The third-order valence-corrected chi connectivity index (χ3v) is 4.08. The summed E-state index contributed by atoms with van der Waals surface area (Å²) in [6.45, 7) is 0. The van der Waals surface area contributed by atoms with Crippen LogP contribution >= 0.6 is 27.5 Å². The maximum absolute atomic E-state index is 12.5. The van der Waals surface area contributed by atoms with E-state index in [0.717, 1.165) is 6.07 Å². The van der Waals surface area contributed by atoms with Gasteiger partial charge in [-0.05, 0) is 18.2 Å². The first-order valence-electron chi connectivity index (χ1n) is 4.09. The van der Waals surface area contributed by atoms with Gasteiger partial charge in [0.25, 0.3) is 0 Å². The lowest BCUT2D eigenvalue weighted by Crippen LogP contribution is -2.14. The van der Waals surface area contributed by atoms with E-state index >= 15 is 0 Å². The summed E-state index contributed by atoms with van der Waals surface area (Å²) in [6.07, 6.45) is -4.57. The van der Waals surface area contributed by atoms with Gasteiger partial charge in [-0.15, -0.1) is 11.6 Å².